The van der Waals surface area contributed by atoms with E-state index in [1.807, 2.05) is 72.8 Å². The van der Waals surface area contributed by atoms with Gasteiger partial charge < -0.3 is 24.0 Å². The lowest BCUT2D eigenvalue weighted by molar-refractivity contribution is 0.0979. The number of nitrogens with zero attached hydrogens (tertiary/aromatic N) is 3. The number of benzene rings is 3. The number of hydrogen-bond acceptors (Lipinski definition) is 6. The van der Waals surface area contributed by atoms with Gasteiger partial charge in [0.1, 0.15) is 29.6 Å². The normalized spacial score (nSPS) is 15.1. The molecule has 1 amide bonds. The SMILES string of the molecule is COc1ccc2c(c1)Oc1ccccc1N=C2N1CCCN(C(=O)OCc2ccccc2)CC1. The molecule has 2 aliphatic heterocycles. The molecule has 0 N–H and O–H groups in total. The summed E-state index contributed by atoms with van der Waals surface area (Å²) in [6.07, 6.45) is 0.528. The van der Waals surface area contributed by atoms with E-state index in [2.05, 4.69) is 4.90 Å². The van der Waals surface area contributed by atoms with Crippen LogP contribution in [0.15, 0.2) is 77.8 Å². The van der Waals surface area contributed by atoms with Crippen LogP contribution in [-0.2, 0) is 11.3 Å². The van der Waals surface area contributed by atoms with Crippen molar-refractivity contribution in [1.82, 2.24) is 9.80 Å². The molecule has 0 spiro atoms. The molecule has 5 rings (SSSR count). The molecule has 0 aliphatic carbocycles. The molecule has 7 nitrogen and oxygen atoms in total. The third-order valence-electron chi connectivity index (χ3n) is 6.00. The lowest BCUT2D eigenvalue weighted by Crippen LogP contribution is -2.37. The Morgan fingerprint density at radius 3 is 2.62 bits per heavy atom. The number of rotatable bonds is 3. The number of carbonyl (C=O) groups excluding carboxylic acids is 1. The lowest BCUT2D eigenvalue weighted by Gasteiger charge is -2.25. The second kappa shape index (κ2) is 9.87. The van der Waals surface area contributed by atoms with E-state index in [9.17, 15) is 4.79 Å². The van der Waals surface area contributed by atoms with Gasteiger partial charge in [-0.1, -0.05) is 42.5 Å². The summed E-state index contributed by atoms with van der Waals surface area (Å²) in [6.45, 7) is 2.89. The molecule has 1 saturated heterocycles. The van der Waals surface area contributed by atoms with E-state index in [1.165, 1.54) is 0 Å². The zero-order valence-electron chi connectivity index (χ0n) is 19.1. The van der Waals surface area contributed by atoms with E-state index in [4.69, 9.17) is 19.2 Å². The summed E-state index contributed by atoms with van der Waals surface area (Å²) >= 11 is 0. The number of amides is 1. The van der Waals surface area contributed by atoms with Crippen LogP contribution in [0.2, 0.25) is 0 Å². The second-order valence-electron chi connectivity index (χ2n) is 8.24. The van der Waals surface area contributed by atoms with Crippen LogP contribution < -0.4 is 9.47 Å². The maximum atomic E-state index is 12.7. The van der Waals surface area contributed by atoms with Crippen molar-refractivity contribution in [3.63, 3.8) is 0 Å². The monoisotopic (exact) mass is 457 g/mol. The molecule has 0 saturated carbocycles. The van der Waals surface area contributed by atoms with Gasteiger partial charge in [-0.3, -0.25) is 0 Å². The Morgan fingerprint density at radius 2 is 1.76 bits per heavy atom. The van der Waals surface area contributed by atoms with Gasteiger partial charge in [0, 0.05) is 32.2 Å². The summed E-state index contributed by atoms with van der Waals surface area (Å²) < 4.78 is 17.2. The number of para-hydroxylation sites is 2. The van der Waals surface area contributed by atoms with Crippen molar-refractivity contribution in [1.29, 1.82) is 0 Å². The van der Waals surface area contributed by atoms with Crippen LogP contribution in [0.4, 0.5) is 10.5 Å². The molecule has 0 radical (unpaired) electrons. The molecule has 0 unspecified atom stereocenters. The molecule has 0 aromatic heterocycles. The molecule has 3 aromatic carbocycles. The Kier molecular flexibility index (Phi) is 6.33. The molecule has 34 heavy (non-hydrogen) atoms. The summed E-state index contributed by atoms with van der Waals surface area (Å²) in [5.74, 6) is 2.96. The Bertz CT molecular complexity index is 1200. The predicted molar refractivity (Wildman–Crippen MR) is 130 cm³/mol. The van der Waals surface area contributed by atoms with Crippen molar-refractivity contribution < 1.29 is 19.0 Å². The first-order valence-electron chi connectivity index (χ1n) is 11.5. The van der Waals surface area contributed by atoms with Crippen molar-refractivity contribution >= 4 is 17.6 Å². The van der Waals surface area contributed by atoms with Crippen molar-refractivity contribution in [2.45, 2.75) is 13.0 Å². The Balaban J connectivity index is 1.35. The fourth-order valence-corrected chi connectivity index (χ4v) is 4.19. The van der Waals surface area contributed by atoms with E-state index in [-0.39, 0.29) is 12.7 Å². The van der Waals surface area contributed by atoms with Gasteiger partial charge in [0.2, 0.25) is 0 Å². The van der Waals surface area contributed by atoms with Crippen LogP contribution in [0.3, 0.4) is 0 Å². The average Bonchev–Trinajstić information content (AvgIpc) is 3.22. The van der Waals surface area contributed by atoms with E-state index in [0.29, 0.717) is 31.1 Å². The lowest BCUT2D eigenvalue weighted by atomic mass is 10.1. The van der Waals surface area contributed by atoms with Crippen molar-refractivity contribution in [2.24, 2.45) is 4.99 Å². The number of aliphatic imine (C=N–C) groups is 1. The highest BCUT2D eigenvalue weighted by molar-refractivity contribution is 6.04. The third kappa shape index (κ3) is 4.69. The minimum absolute atomic E-state index is 0.274. The number of fused-ring (bicyclic) bond motifs is 2. The van der Waals surface area contributed by atoms with Gasteiger partial charge >= 0.3 is 6.09 Å². The molecule has 2 aliphatic rings. The number of amidine groups is 1. The first-order chi connectivity index (χ1) is 16.7. The van der Waals surface area contributed by atoms with Gasteiger partial charge in [-0.05, 0) is 36.2 Å². The zero-order valence-corrected chi connectivity index (χ0v) is 19.1. The minimum Gasteiger partial charge on any atom is -0.497 e. The summed E-state index contributed by atoms with van der Waals surface area (Å²) in [4.78, 5) is 21.7. The van der Waals surface area contributed by atoms with Gasteiger partial charge in [0.25, 0.3) is 0 Å². The maximum Gasteiger partial charge on any atom is 0.410 e. The summed E-state index contributed by atoms with van der Waals surface area (Å²) in [6, 6.07) is 23.3. The topological polar surface area (TPSA) is 63.6 Å². The highest BCUT2D eigenvalue weighted by Gasteiger charge is 2.27. The molecule has 0 atom stereocenters. The quantitative estimate of drug-likeness (QED) is 0.539. The van der Waals surface area contributed by atoms with Crippen molar-refractivity contribution in [2.75, 3.05) is 33.3 Å². The Morgan fingerprint density at radius 1 is 0.941 bits per heavy atom. The number of carbonyl (C=O) groups is 1. The average molecular weight is 458 g/mol. The fraction of sp³-hybridized carbons (Fsp3) is 0.259. The largest absolute Gasteiger partial charge is 0.497 e. The zero-order chi connectivity index (χ0) is 23.3. The van der Waals surface area contributed by atoms with E-state index >= 15 is 0 Å². The van der Waals surface area contributed by atoms with Crippen LogP contribution >= 0.6 is 0 Å². The summed E-state index contributed by atoms with van der Waals surface area (Å²) in [7, 11) is 1.64. The van der Waals surface area contributed by atoms with Crippen LogP contribution in [0.5, 0.6) is 17.2 Å². The van der Waals surface area contributed by atoms with Gasteiger partial charge in [0.05, 0.1) is 12.7 Å². The third-order valence-corrected chi connectivity index (χ3v) is 6.00. The van der Waals surface area contributed by atoms with Crippen LogP contribution in [0.25, 0.3) is 0 Å². The highest BCUT2D eigenvalue weighted by Crippen LogP contribution is 2.39. The van der Waals surface area contributed by atoms with E-state index in [0.717, 1.165) is 41.4 Å². The fourth-order valence-electron chi connectivity index (χ4n) is 4.19. The first-order valence-corrected chi connectivity index (χ1v) is 11.5. The van der Waals surface area contributed by atoms with Crippen molar-refractivity contribution in [3.05, 3.63) is 83.9 Å². The molecular weight excluding hydrogens is 430 g/mol. The van der Waals surface area contributed by atoms with Gasteiger partial charge in [-0.2, -0.15) is 0 Å². The van der Waals surface area contributed by atoms with E-state index < -0.39 is 0 Å². The maximum absolute atomic E-state index is 12.7. The predicted octanol–water partition coefficient (Wildman–Crippen LogP) is 5.22. The molecule has 0 bridgehead atoms. The molecular formula is C27H27N3O4. The Hall–Kier alpha value is -4.00. The van der Waals surface area contributed by atoms with E-state index in [1.54, 1.807) is 12.0 Å². The van der Waals surface area contributed by atoms with Crippen LogP contribution in [0, 0.1) is 0 Å². The van der Waals surface area contributed by atoms with Crippen LogP contribution in [-0.4, -0.2) is 55.0 Å². The molecule has 2 heterocycles. The minimum atomic E-state index is -0.285. The van der Waals surface area contributed by atoms with Crippen LogP contribution in [0.1, 0.15) is 17.5 Å². The summed E-state index contributed by atoms with van der Waals surface area (Å²) in [5.41, 5.74) is 2.65. The summed E-state index contributed by atoms with van der Waals surface area (Å²) in [5, 5.41) is 0. The highest BCUT2D eigenvalue weighted by atomic mass is 16.6. The molecule has 7 heteroatoms. The molecule has 174 valence electrons. The molecule has 1 fully saturated rings. The number of ether oxygens (including phenoxy) is 3. The standard InChI is InChI=1S/C27H27N3O4/c1-32-21-12-13-22-25(18-21)34-24-11-6-5-10-23(24)28-26(22)29-14-7-15-30(17-16-29)27(31)33-19-20-8-3-2-4-9-20/h2-6,8-13,18H,7,14-17,19H2,1H3. The second-order valence-corrected chi connectivity index (χ2v) is 8.24. The molecule has 3 aromatic rings. The van der Waals surface area contributed by atoms with Gasteiger partial charge in [-0.15, -0.1) is 0 Å². The van der Waals surface area contributed by atoms with Gasteiger partial charge in [-0.25, -0.2) is 9.79 Å². The Labute approximate surface area is 199 Å². The van der Waals surface area contributed by atoms with Gasteiger partial charge in [0.15, 0.2) is 5.75 Å². The number of hydrogen-bond donors (Lipinski definition) is 0. The van der Waals surface area contributed by atoms with Crippen molar-refractivity contribution in [3.8, 4) is 17.2 Å². The number of methoxy groups -OCH3 is 1. The first kappa shape index (κ1) is 21.8. The smallest absolute Gasteiger partial charge is 0.410 e.